The van der Waals surface area contributed by atoms with E-state index in [1.54, 1.807) is 23.1 Å². The molecule has 0 fully saturated rings. The number of carboxylic acids is 1. The molecule has 2 aromatic carbocycles. The van der Waals surface area contributed by atoms with Crippen molar-refractivity contribution in [2.24, 2.45) is 0 Å². The average molecular weight is 364 g/mol. The SMILES string of the molecule is CC(=O)N1CCc2cc(C(=O)N3Cc4ccccc4C[C@H]3C(=O)O)ccc21. The van der Waals surface area contributed by atoms with Gasteiger partial charge in [-0.25, -0.2) is 4.79 Å². The summed E-state index contributed by atoms with van der Waals surface area (Å²) in [7, 11) is 0. The Hall–Kier alpha value is -3.15. The lowest BCUT2D eigenvalue weighted by molar-refractivity contribution is -0.142. The van der Waals surface area contributed by atoms with Gasteiger partial charge in [0.2, 0.25) is 5.91 Å². The minimum Gasteiger partial charge on any atom is -0.480 e. The highest BCUT2D eigenvalue weighted by atomic mass is 16.4. The lowest BCUT2D eigenvalue weighted by Gasteiger charge is -2.34. The molecule has 0 bridgehead atoms. The van der Waals surface area contributed by atoms with Gasteiger partial charge in [0.1, 0.15) is 6.04 Å². The van der Waals surface area contributed by atoms with Gasteiger partial charge in [-0.3, -0.25) is 9.59 Å². The summed E-state index contributed by atoms with van der Waals surface area (Å²) in [5.41, 5.74) is 4.19. The van der Waals surface area contributed by atoms with Crippen LogP contribution in [0.2, 0.25) is 0 Å². The highest BCUT2D eigenvalue weighted by molar-refractivity contribution is 5.99. The van der Waals surface area contributed by atoms with Crippen molar-refractivity contribution in [2.75, 3.05) is 11.4 Å². The molecule has 0 spiro atoms. The molecule has 0 aromatic heterocycles. The summed E-state index contributed by atoms with van der Waals surface area (Å²) in [5, 5.41) is 9.64. The van der Waals surface area contributed by atoms with E-state index in [1.165, 1.54) is 11.8 Å². The van der Waals surface area contributed by atoms with Gasteiger partial charge in [0.15, 0.2) is 0 Å². The van der Waals surface area contributed by atoms with Crippen molar-refractivity contribution in [1.29, 1.82) is 0 Å². The Kier molecular flexibility index (Phi) is 4.18. The smallest absolute Gasteiger partial charge is 0.326 e. The normalized spacial score (nSPS) is 18.0. The molecule has 138 valence electrons. The van der Waals surface area contributed by atoms with E-state index in [4.69, 9.17) is 0 Å². The van der Waals surface area contributed by atoms with Crippen molar-refractivity contribution in [3.8, 4) is 0 Å². The van der Waals surface area contributed by atoms with Gasteiger partial charge in [0.05, 0.1) is 0 Å². The van der Waals surface area contributed by atoms with Crippen molar-refractivity contribution < 1.29 is 19.5 Å². The van der Waals surface area contributed by atoms with Crippen LogP contribution in [0.15, 0.2) is 42.5 Å². The summed E-state index contributed by atoms with van der Waals surface area (Å²) in [6.45, 7) is 2.41. The maximum absolute atomic E-state index is 13.1. The van der Waals surface area contributed by atoms with Crippen LogP contribution in [0.4, 0.5) is 5.69 Å². The van der Waals surface area contributed by atoms with E-state index in [1.807, 2.05) is 24.3 Å². The predicted octanol–water partition coefficient (Wildman–Crippen LogP) is 2.25. The highest BCUT2D eigenvalue weighted by Gasteiger charge is 2.35. The van der Waals surface area contributed by atoms with E-state index in [9.17, 15) is 19.5 Å². The fraction of sp³-hybridized carbons (Fsp3) is 0.286. The summed E-state index contributed by atoms with van der Waals surface area (Å²) < 4.78 is 0. The van der Waals surface area contributed by atoms with Gasteiger partial charge in [-0.05, 0) is 41.3 Å². The molecule has 6 nitrogen and oxygen atoms in total. The van der Waals surface area contributed by atoms with Crippen molar-refractivity contribution in [2.45, 2.75) is 32.4 Å². The second-order valence-electron chi connectivity index (χ2n) is 7.02. The maximum atomic E-state index is 13.1. The summed E-state index contributed by atoms with van der Waals surface area (Å²) in [6.07, 6.45) is 1.00. The van der Waals surface area contributed by atoms with Gasteiger partial charge in [0.25, 0.3) is 5.91 Å². The monoisotopic (exact) mass is 364 g/mol. The van der Waals surface area contributed by atoms with Crippen molar-refractivity contribution in [1.82, 2.24) is 4.90 Å². The van der Waals surface area contributed by atoms with Gasteiger partial charge in [0, 0.05) is 37.7 Å². The molecule has 0 saturated heterocycles. The van der Waals surface area contributed by atoms with Crippen LogP contribution >= 0.6 is 0 Å². The van der Waals surface area contributed by atoms with Crippen molar-refractivity contribution in [3.05, 3.63) is 64.7 Å². The predicted molar refractivity (Wildman–Crippen MR) is 99.6 cm³/mol. The topological polar surface area (TPSA) is 77.9 Å². The van der Waals surface area contributed by atoms with Crippen LogP contribution < -0.4 is 4.90 Å². The molecule has 2 heterocycles. The number of carbonyl (C=O) groups is 3. The number of benzene rings is 2. The van der Waals surface area contributed by atoms with Crippen LogP contribution in [0.3, 0.4) is 0 Å². The summed E-state index contributed by atoms with van der Waals surface area (Å²) in [5.74, 6) is -1.31. The molecule has 2 aliphatic rings. The first-order valence-corrected chi connectivity index (χ1v) is 8.97. The minimum atomic E-state index is -0.998. The number of carboxylic acid groups (broad SMARTS) is 1. The Bertz CT molecular complexity index is 953. The molecule has 27 heavy (non-hydrogen) atoms. The lowest BCUT2D eigenvalue weighted by atomic mass is 9.93. The van der Waals surface area contributed by atoms with E-state index >= 15 is 0 Å². The quantitative estimate of drug-likeness (QED) is 0.887. The summed E-state index contributed by atoms with van der Waals surface area (Å²) in [4.78, 5) is 39.7. The molecule has 1 atom stereocenters. The Morgan fingerprint density at radius 2 is 1.78 bits per heavy atom. The van der Waals surface area contributed by atoms with Gasteiger partial charge >= 0.3 is 5.97 Å². The zero-order valence-corrected chi connectivity index (χ0v) is 15.0. The number of aliphatic carboxylic acids is 1. The van der Waals surface area contributed by atoms with Crippen LogP contribution in [0.25, 0.3) is 0 Å². The average Bonchev–Trinajstić information content (AvgIpc) is 3.09. The van der Waals surface area contributed by atoms with Crippen LogP contribution in [0.5, 0.6) is 0 Å². The molecule has 0 radical (unpaired) electrons. The van der Waals surface area contributed by atoms with Crippen molar-refractivity contribution in [3.63, 3.8) is 0 Å². The fourth-order valence-corrected chi connectivity index (χ4v) is 3.98. The molecule has 1 N–H and O–H groups in total. The Balaban J connectivity index is 1.66. The largest absolute Gasteiger partial charge is 0.480 e. The minimum absolute atomic E-state index is 0.0218. The third kappa shape index (κ3) is 2.97. The van der Waals surface area contributed by atoms with Gasteiger partial charge in [-0.2, -0.15) is 0 Å². The second kappa shape index (κ2) is 6.54. The molecule has 2 aliphatic heterocycles. The molecular formula is C21H20N2O4. The van der Waals surface area contributed by atoms with E-state index in [-0.39, 0.29) is 18.4 Å². The van der Waals surface area contributed by atoms with Crippen LogP contribution in [0, 0.1) is 0 Å². The lowest BCUT2D eigenvalue weighted by Crippen LogP contribution is -2.48. The molecule has 4 rings (SSSR count). The Morgan fingerprint density at radius 1 is 1.04 bits per heavy atom. The number of nitrogens with zero attached hydrogens (tertiary/aromatic N) is 2. The van der Waals surface area contributed by atoms with E-state index in [0.717, 1.165) is 22.4 Å². The molecular weight excluding hydrogens is 344 g/mol. The second-order valence-corrected chi connectivity index (χ2v) is 7.02. The van der Waals surface area contributed by atoms with Crippen LogP contribution in [-0.2, 0) is 29.0 Å². The van der Waals surface area contributed by atoms with Gasteiger partial charge in [-0.1, -0.05) is 24.3 Å². The number of hydrogen-bond acceptors (Lipinski definition) is 3. The third-order valence-electron chi connectivity index (χ3n) is 5.40. The first kappa shape index (κ1) is 17.3. The van der Waals surface area contributed by atoms with Crippen LogP contribution in [-0.4, -0.2) is 40.4 Å². The molecule has 0 saturated carbocycles. The number of anilines is 1. The number of carbonyl (C=O) groups excluding carboxylic acids is 2. The van der Waals surface area contributed by atoms with Gasteiger partial charge < -0.3 is 14.9 Å². The number of amides is 2. The van der Waals surface area contributed by atoms with Gasteiger partial charge in [-0.15, -0.1) is 0 Å². The standard InChI is InChI=1S/C21H20N2O4/c1-13(24)22-9-8-15-10-16(6-7-18(15)22)20(25)23-12-17-5-3-2-4-14(17)11-19(23)21(26)27/h2-7,10,19H,8-9,11-12H2,1H3,(H,26,27)/t19-/m0/s1. The summed E-state index contributed by atoms with van der Waals surface area (Å²) >= 11 is 0. The first-order chi connectivity index (χ1) is 13.0. The Labute approximate surface area is 157 Å². The zero-order valence-electron chi connectivity index (χ0n) is 15.0. The molecule has 0 unspecified atom stereocenters. The first-order valence-electron chi connectivity index (χ1n) is 8.97. The maximum Gasteiger partial charge on any atom is 0.326 e. The van der Waals surface area contributed by atoms with Crippen LogP contribution in [0.1, 0.15) is 34.0 Å². The van der Waals surface area contributed by atoms with E-state index < -0.39 is 12.0 Å². The fourth-order valence-electron chi connectivity index (χ4n) is 3.98. The molecule has 0 aliphatic carbocycles. The third-order valence-corrected chi connectivity index (χ3v) is 5.40. The highest BCUT2D eigenvalue weighted by Crippen LogP contribution is 2.31. The number of fused-ring (bicyclic) bond motifs is 2. The summed E-state index contributed by atoms with van der Waals surface area (Å²) in [6, 6.07) is 12.0. The molecule has 2 aromatic rings. The molecule has 6 heteroatoms. The zero-order chi connectivity index (χ0) is 19.1. The Morgan fingerprint density at radius 3 is 2.48 bits per heavy atom. The van der Waals surface area contributed by atoms with E-state index in [2.05, 4.69) is 0 Å². The van der Waals surface area contributed by atoms with Crippen molar-refractivity contribution >= 4 is 23.5 Å². The molecule has 2 amide bonds. The number of rotatable bonds is 2. The van der Waals surface area contributed by atoms with E-state index in [0.29, 0.717) is 24.9 Å². The number of hydrogen-bond donors (Lipinski definition) is 1.